The summed E-state index contributed by atoms with van der Waals surface area (Å²) in [6.45, 7) is 0.448. The Labute approximate surface area is 187 Å². The molecule has 152 valence electrons. The molecule has 2 N–H and O–H groups in total. The van der Waals surface area contributed by atoms with Crippen LogP contribution in [0.15, 0.2) is 65.7 Å². The number of hydrogen-bond acceptors (Lipinski definition) is 5. The van der Waals surface area contributed by atoms with E-state index in [0.717, 1.165) is 5.56 Å². The molecule has 31 heavy (non-hydrogen) atoms. The molecule has 0 aliphatic carbocycles. The van der Waals surface area contributed by atoms with Crippen LogP contribution in [-0.2, 0) is 10.0 Å². The number of sulfonamides is 1. The molecule has 2 heterocycles. The fourth-order valence-corrected chi connectivity index (χ4v) is 4.28. The Kier molecular flexibility index (Phi) is 6.04. The summed E-state index contributed by atoms with van der Waals surface area (Å²) in [4.78, 5) is 4.72. The molecule has 0 aliphatic heterocycles. The van der Waals surface area contributed by atoms with Crippen molar-refractivity contribution in [1.82, 2.24) is 19.3 Å². The lowest BCUT2D eigenvalue weighted by Crippen LogP contribution is -2.29. The van der Waals surface area contributed by atoms with E-state index >= 15 is 0 Å². The van der Waals surface area contributed by atoms with Gasteiger partial charge in [-0.1, -0.05) is 47.4 Å². The summed E-state index contributed by atoms with van der Waals surface area (Å²) in [5.74, 6) is 0.600. The van der Waals surface area contributed by atoms with Crippen molar-refractivity contribution < 1.29 is 8.42 Å². The Balaban J connectivity index is 1.53. The highest BCUT2D eigenvalue weighted by Gasteiger charge is 2.14. The van der Waals surface area contributed by atoms with E-state index in [-0.39, 0.29) is 11.4 Å². The molecule has 0 atom stereocenters. The standard InChI is InChI=1S/C20H16B2ClN5O2S/c21-13-5-7-14(8-6-13)31(29,30)26-10-9-24-19-11-18(15-3-1-2-4-17(15)23)27-20-16(22)12-25-28(19)20/h1-8,11-12,24,26H,9-10H2. The Morgan fingerprint density at radius 3 is 2.52 bits per heavy atom. The first-order chi connectivity index (χ1) is 14.8. The van der Waals surface area contributed by atoms with Gasteiger partial charge in [0.1, 0.15) is 21.5 Å². The number of fused-ring (bicyclic) bond motifs is 1. The highest BCUT2D eigenvalue weighted by atomic mass is 35.5. The SMILES string of the molecule is [B]c1ccc(S(=O)(=O)NCCNc2cc(-c3ccccc3Cl)nc3c([B])cnn23)cc1. The van der Waals surface area contributed by atoms with Gasteiger partial charge in [0.05, 0.1) is 10.6 Å². The van der Waals surface area contributed by atoms with Crippen molar-refractivity contribution in [2.45, 2.75) is 4.90 Å². The monoisotopic (exact) mass is 447 g/mol. The van der Waals surface area contributed by atoms with Gasteiger partial charge in [-0.05, 0) is 23.7 Å². The first-order valence-corrected chi connectivity index (χ1v) is 11.2. The highest BCUT2D eigenvalue weighted by Crippen LogP contribution is 2.28. The molecule has 7 nitrogen and oxygen atoms in total. The van der Waals surface area contributed by atoms with E-state index in [2.05, 4.69) is 20.1 Å². The summed E-state index contributed by atoms with van der Waals surface area (Å²) >= 11 is 6.32. The number of anilines is 1. The van der Waals surface area contributed by atoms with E-state index in [4.69, 9.17) is 27.3 Å². The number of hydrogen-bond donors (Lipinski definition) is 2. The minimum atomic E-state index is -3.64. The molecule has 2 aromatic carbocycles. The van der Waals surface area contributed by atoms with E-state index in [0.29, 0.717) is 39.7 Å². The Morgan fingerprint density at radius 2 is 1.77 bits per heavy atom. The van der Waals surface area contributed by atoms with E-state index in [1.54, 1.807) is 28.8 Å². The predicted octanol–water partition coefficient (Wildman–Crippen LogP) is 1.03. The summed E-state index contributed by atoms with van der Waals surface area (Å²) < 4.78 is 28.9. The molecule has 0 fully saturated rings. The lowest BCUT2D eigenvalue weighted by Gasteiger charge is -2.12. The van der Waals surface area contributed by atoms with Crippen LogP contribution < -0.4 is 21.0 Å². The van der Waals surface area contributed by atoms with Gasteiger partial charge >= 0.3 is 0 Å². The molecule has 0 saturated carbocycles. The minimum Gasteiger partial charge on any atom is -0.369 e. The molecule has 0 spiro atoms. The Bertz CT molecular complexity index is 1340. The molecule has 0 aliphatic rings. The van der Waals surface area contributed by atoms with Gasteiger partial charge in [0, 0.05) is 35.9 Å². The van der Waals surface area contributed by atoms with E-state index < -0.39 is 10.0 Å². The lowest BCUT2D eigenvalue weighted by molar-refractivity contribution is 0.583. The van der Waals surface area contributed by atoms with Crippen molar-refractivity contribution in [3.05, 3.63) is 65.8 Å². The molecule has 4 aromatic rings. The molecule has 0 bridgehead atoms. The second-order valence-corrected chi connectivity index (χ2v) is 8.91. The zero-order chi connectivity index (χ0) is 22.0. The van der Waals surface area contributed by atoms with Crippen LogP contribution in [0.25, 0.3) is 16.9 Å². The summed E-state index contributed by atoms with van der Waals surface area (Å²) in [6.07, 6.45) is 1.51. The van der Waals surface area contributed by atoms with Crippen molar-refractivity contribution in [2.75, 3.05) is 18.4 Å². The molecule has 2 aromatic heterocycles. The van der Waals surface area contributed by atoms with Gasteiger partial charge in [-0.2, -0.15) is 9.61 Å². The van der Waals surface area contributed by atoms with Crippen LogP contribution in [0.4, 0.5) is 5.82 Å². The average Bonchev–Trinajstić information content (AvgIpc) is 3.13. The molecule has 11 heteroatoms. The summed E-state index contributed by atoms with van der Waals surface area (Å²) in [5, 5.41) is 7.98. The summed E-state index contributed by atoms with van der Waals surface area (Å²) in [7, 11) is 7.98. The maximum Gasteiger partial charge on any atom is 0.240 e. The molecular weight excluding hydrogens is 431 g/mol. The van der Waals surface area contributed by atoms with Crippen molar-refractivity contribution in [3.63, 3.8) is 0 Å². The molecule has 4 rings (SSSR count). The average molecular weight is 448 g/mol. The summed E-state index contributed by atoms with van der Waals surface area (Å²) in [5.41, 5.74) is 2.76. The molecular formula is C20H16B2ClN5O2S. The minimum absolute atomic E-state index is 0.147. The van der Waals surface area contributed by atoms with E-state index in [9.17, 15) is 8.42 Å². The maximum atomic E-state index is 12.4. The fraction of sp³-hybridized carbons (Fsp3) is 0.100. The van der Waals surface area contributed by atoms with Crippen LogP contribution in [0, 0.1) is 0 Å². The first kappa shape index (κ1) is 21.4. The van der Waals surface area contributed by atoms with Gasteiger partial charge < -0.3 is 5.32 Å². The molecule has 0 saturated heterocycles. The van der Waals surface area contributed by atoms with Gasteiger partial charge in [-0.15, -0.1) is 0 Å². The molecule has 4 radical (unpaired) electrons. The number of benzene rings is 2. The smallest absolute Gasteiger partial charge is 0.240 e. The molecule has 0 amide bonds. The van der Waals surface area contributed by atoms with Crippen LogP contribution in [-0.4, -0.2) is 51.8 Å². The van der Waals surface area contributed by atoms with Gasteiger partial charge in [0.25, 0.3) is 0 Å². The van der Waals surface area contributed by atoms with Crippen molar-refractivity contribution >= 4 is 59.7 Å². The van der Waals surface area contributed by atoms with Crippen LogP contribution in [0.3, 0.4) is 0 Å². The van der Waals surface area contributed by atoms with Gasteiger partial charge in [0.15, 0.2) is 5.65 Å². The third-order valence-corrected chi connectivity index (χ3v) is 6.37. The number of nitrogens with one attached hydrogen (secondary N) is 2. The van der Waals surface area contributed by atoms with Crippen molar-refractivity contribution in [3.8, 4) is 11.3 Å². The lowest BCUT2D eigenvalue weighted by atomic mass is 9.97. The van der Waals surface area contributed by atoms with Gasteiger partial charge in [-0.3, -0.25) is 0 Å². The topological polar surface area (TPSA) is 88.4 Å². The number of nitrogens with zero attached hydrogens (tertiary/aromatic N) is 3. The third-order valence-electron chi connectivity index (χ3n) is 4.56. The second-order valence-electron chi connectivity index (χ2n) is 6.74. The largest absolute Gasteiger partial charge is 0.369 e. The third kappa shape index (κ3) is 4.61. The van der Waals surface area contributed by atoms with Crippen LogP contribution in [0.1, 0.15) is 0 Å². The number of halogens is 1. The van der Waals surface area contributed by atoms with Crippen LogP contribution in [0.2, 0.25) is 5.02 Å². The fourth-order valence-electron chi connectivity index (χ4n) is 3.02. The van der Waals surface area contributed by atoms with Gasteiger partial charge in [0.2, 0.25) is 10.0 Å². The zero-order valence-electron chi connectivity index (χ0n) is 16.3. The van der Waals surface area contributed by atoms with Crippen molar-refractivity contribution in [1.29, 1.82) is 0 Å². The van der Waals surface area contributed by atoms with Gasteiger partial charge in [-0.25, -0.2) is 18.1 Å². The second kappa shape index (κ2) is 8.74. The Hall–Kier alpha value is -2.81. The maximum absolute atomic E-state index is 12.4. The summed E-state index contributed by atoms with van der Waals surface area (Å²) in [6, 6.07) is 15.1. The quantitative estimate of drug-likeness (QED) is 0.326. The zero-order valence-corrected chi connectivity index (χ0v) is 17.9. The van der Waals surface area contributed by atoms with Crippen LogP contribution in [0.5, 0.6) is 0 Å². The highest BCUT2D eigenvalue weighted by molar-refractivity contribution is 7.89. The Morgan fingerprint density at radius 1 is 1.03 bits per heavy atom. The molecule has 0 unspecified atom stereocenters. The van der Waals surface area contributed by atoms with E-state index in [1.165, 1.54) is 18.3 Å². The van der Waals surface area contributed by atoms with Crippen LogP contribution >= 0.6 is 11.6 Å². The number of rotatable bonds is 7. The number of aromatic nitrogens is 3. The normalized spacial score (nSPS) is 11.6. The van der Waals surface area contributed by atoms with E-state index in [1.807, 2.05) is 18.2 Å². The first-order valence-electron chi connectivity index (χ1n) is 9.33. The predicted molar refractivity (Wildman–Crippen MR) is 124 cm³/mol. The van der Waals surface area contributed by atoms with Crippen molar-refractivity contribution in [2.24, 2.45) is 0 Å².